The first kappa shape index (κ1) is 18.8. The number of nitrogens with zero attached hydrogens (tertiary/aromatic N) is 1. The molecule has 2 heterocycles. The number of rotatable bonds is 4. The fourth-order valence-corrected chi connectivity index (χ4v) is 3.60. The van der Waals surface area contributed by atoms with Crippen LogP contribution in [-0.2, 0) is 9.59 Å². The van der Waals surface area contributed by atoms with E-state index >= 15 is 0 Å². The van der Waals surface area contributed by atoms with Gasteiger partial charge in [-0.2, -0.15) is 0 Å². The molecule has 1 aliphatic heterocycles. The summed E-state index contributed by atoms with van der Waals surface area (Å²) in [6, 6.07) is 19.2. The smallest absolute Gasteiger partial charge is 0.335 e. The molecule has 0 atom stereocenters. The number of barbiturate groups is 1. The summed E-state index contributed by atoms with van der Waals surface area (Å²) in [5, 5.41) is 2.83. The molecule has 1 fully saturated rings. The molecule has 144 valence electrons. The maximum atomic E-state index is 12.9. The van der Waals surface area contributed by atoms with Crippen molar-refractivity contribution in [3.8, 4) is 0 Å². The van der Waals surface area contributed by atoms with Crippen molar-refractivity contribution in [2.45, 2.75) is 16.9 Å². The van der Waals surface area contributed by atoms with Gasteiger partial charge in [-0.1, -0.05) is 47.7 Å². The molecule has 7 heteroatoms. The number of anilines is 1. The van der Waals surface area contributed by atoms with Crippen LogP contribution in [0.2, 0.25) is 0 Å². The number of amides is 4. The standard InChI is InChI=1S/C22H16N2O4S/c1-14-7-9-15(10-8-14)24-21(26)18(20(25)23-22(24)27)13-16-11-12-19(28-16)29-17-5-3-2-4-6-17/h2-13H,1H3,(H,23,25,27)/b18-13+. The third-order valence-electron chi connectivity index (χ3n) is 4.24. The summed E-state index contributed by atoms with van der Waals surface area (Å²) in [6.07, 6.45) is 1.35. The molecule has 0 bridgehead atoms. The Bertz CT molecular complexity index is 1120. The van der Waals surface area contributed by atoms with Gasteiger partial charge in [-0.25, -0.2) is 9.69 Å². The normalized spacial score (nSPS) is 15.7. The molecule has 6 nitrogen and oxygen atoms in total. The van der Waals surface area contributed by atoms with E-state index in [9.17, 15) is 14.4 Å². The van der Waals surface area contributed by atoms with E-state index in [1.165, 1.54) is 17.8 Å². The number of nitrogens with one attached hydrogen (secondary N) is 1. The van der Waals surface area contributed by atoms with Gasteiger partial charge in [0.05, 0.1) is 5.69 Å². The number of carbonyl (C=O) groups excluding carboxylic acids is 3. The number of carbonyl (C=O) groups is 3. The summed E-state index contributed by atoms with van der Waals surface area (Å²) in [4.78, 5) is 39.3. The van der Waals surface area contributed by atoms with E-state index in [1.807, 2.05) is 37.3 Å². The molecule has 4 rings (SSSR count). The highest BCUT2D eigenvalue weighted by atomic mass is 32.2. The number of hydrogen-bond donors (Lipinski definition) is 1. The molecule has 1 saturated heterocycles. The van der Waals surface area contributed by atoms with E-state index < -0.39 is 17.8 Å². The van der Waals surface area contributed by atoms with Crippen LogP contribution in [0.3, 0.4) is 0 Å². The van der Waals surface area contributed by atoms with Crippen LogP contribution in [0.1, 0.15) is 11.3 Å². The summed E-state index contributed by atoms with van der Waals surface area (Å²) in [6.45, 7) is 1.90. The average Bonchev–Trinajstić information content (AvgIpc) is 3.14. The largest absolute Gasteiger partial charge is 0.450 e. The molecule has 29 heavy (non-hydrogen) atoms. The summed E-state index contributed by atoms with van der Waals surface area (Å²) in [7, 11) is 0. The number of benzene rings is 2. The molecule has 2 aromatic carbocycles. The monoisotopic (exact) mass is 404 g/mol. The Morgan fingerprint density at radius 1 is 0.931 bits per heavy atom. The van der Waals surface area contributed by atoms with Gasteiger partial charge in [0.2, 0.25) is 0 Å². The van der Waals surface area contributed by atoms with Crippen LogP contribution in [-0.4, -0.2) is 17.8 Å². The topological polar surface area (TPSA) is 79.6 Å². The Hall–Kier alpha value is -3.58. The molecule has 0 saturated carbocycles. The fourth-order valence-electron chi connectivity index (χ4n) is 2.80. The van der Waals surface area contributed by atoms with Crippen molar-refractivity contribution in [3.05, 3.63) is 83.6 Å². The minimum absolute atomic E-state index is 0.171. The van der Waals surface area contributed by atoms with E-state index in [0.29, 0.717) is 16.5 Å². The van der Waals surface area contributed by atoms with Gasteiger partial charge >= 0.3 is 6.03 Å². The van der Waals surface area contributed by atoms with Crippen molar-refractivity contribution in [3.63, 3.8) is 0 Å². The number of furan rings is 1. The van der Waals surface area contributed by atoms with Gasteiger partial charge in [-0.3, -0.25) is 14.9 Å². The van der Waals surface area contributed by atoms with Gasteiger partial charge in [0.25, 0.3) is 11.8 Å². The van der Waals surface area contributed by atoms with E-state index in [1.54, 1.807) is 36.4 Å². The Kier molecular flexibility index (Phi) is 5.05. The van der Waals surface area contributed by atoms with Crippen molar-refractivity contribution >= 4 is 41.4 Å². The first-order chi connectivity index (χ1) is 14.0. The predicted octanol–water partition coefficient (Wildman–Crippen LogP) is 4.41. The van der Waals surface area contributed by atoms with Crippen molar-refractivity contribution in [1.82, 2.24) is 5.32 Å². The second-order valence-electron chi connectivity index (χ2n) is 6.37. The van der Waals surface area contributed by atoms with E-state index in [4.69, 9.17) is 4.42 Å². The van der Waals surface area contributed by atoms with Crippen molar-refractivity contribution in [1.29, 1.82) is 0 Å². The maximum Gasteiger partial charge on any atom is 0.335 e. The lowest BCUT2D eigenvalue weighted by Crippen LogP contribution is -2.54. The minimum atomic E-state index is -0.777. The third-order valence-corrected chi connectivity index (χ3v) is 5.17. The molecule has 0 radical (unpaired) electrons. The van der Waals surface area contributed by atoms with Crippen LogP contribution >= 0.6 is 11.8 Å². The second kappa shape index (κ2) is 7.81. The molecule has 0 spiro atoms. The van der Waals surface area contributed by atoms with Gasteiger partial charge in [-0.15, -0.1) is 0 Å². The van der Waals surface area contributed by atoms with E-state index in [-0.39, 0.29) is 5.57 Å². The Labute approximate surface area is 171 Å². The Morgan fingerprint density at radius 3 is 2.38 bits per heavy atom. The van der Waals surface area contributed by atoms with Gasteiger partial charge in [0.1, 0.15) is 11.3 Å². The molecular weight excluding hydrogens is 388 g/mol. The highest BCUT2D eigenvalue weighted by molar-refractivity contribution is 7.99. The number of urea groups is 1. The highest BCUT2D eigenvalue weighted by Gasteiger charge is 2.37. The SMILES string of the molecule is Cc1ccc(N2C(=O)NC(=O)/C(=C\c3ccc(Sc4ccccc4)o3)C2=O)cc1. The first-order valence-electron chi connectivity index (χ1n) is 8.82. The van der Waals surface area contributed by atoms with Crippen molar-refractivity contribution in [2.24, 2.45) is 0 Å². The van der Waals surface area contributed by atoms with Crippen LogP contribution in [0.25, 0.3) is 6.08 Å². The Morgan fingerprint density at radius 2 is 1.66 bits per heavy atom. The number of imide groups is 2. The molecule has 1 N–H and O–H groups in total. The zero-order valence-electron chi connectivity index (χ0n) is 15.4. The molecular formula is C22H16N2O4S. The number of hydrogen-bond acceptors (Lipinski definition) is 5. The van der Waals surface area contributed by atoms with Crippen LogP contribution in [0.15, 0.2) is 86.7 Å². The van der Waals surface area contributed by atoms with Crippen LogP contribution in [0, 0.1) is 6.92 Å². The first-order valence-corrected chi connectivity index (χ1v) is 9.64. The highest BCUT2D eigenvalue weighted by Crippen LogP contribution is 2.30. The van der Waals surface area contributed by atoms with Crippen molar-refractivity contribution < 1.29 is 18.8 Å². The lowest BCUT2D eigenvalue weighted by molar-refractivity contribution is -0.122. The second-order valence-corrected chi connectivity index (χ2v) is 7.44. The zero-order valence-corrected chi connectivity index (χ0v) is 16.2. The molecule has 4 amide bonds. The van der Waals surface area contributed by atoms with Crippen molar-refractivity contribution in [2.75, 3.05) is 4.90 Å². The molecule has 0 aliphatic carbocycles. The average molecular weight is 404 g/mol. The summed E-state index contributed by atoms with van der Waals surface area (Å²) < 4.78 is 5.72. The molecule has 1 aliphatic rings. The lowest BCUT2D eigenvalue weighted by Gasteiger charge is -2.26. The molecule has 0 unspecified atom stereocenters. The summed E-state index contributed by atoms with van der Waals surface area (Å²) >= 11 is 1.43. The van der Waals surface area contributed by atoms with Crippen LogP contribution in [0.4, 0.5) is 10.5 Å². The summed E-state index contributed by atoms with van der Waals surface area (Å²) in [5.41, 5.74) is 1.21. The fraction of sp³-hybridized carbons (Fsp3) is 0.0455. The third kappa shape index (κ3) is 4.00. The van der Waals surface area contributed by atoms with E-state index in [0.717, 1.165) is 15.4 Å². The van der Waals surface area contributed by atoms with Gasteiger partial charge < -0.3 is 4.42 Å². The minimum Gasteiger partial charge on any atom is -0.450 e. The quantitative estimate of drug-likeness (QED) is 0.515. The van der Waals surface area contributed by atoms with Gasteiger partial charge in [0, 0.05) is 4.90 Å². The van der Waals surface area contributed by atoms with Gasteiger partial charge in [0.15, 0.2) is 5.09 Å². The van der Waals surface area contributed by atoms with Gasteiger partial charge in [-0.05, 0) is 49.4 Å². The molecule has 1 aromatic heterocycles. The summed E-state index contributed by atoms with van der Waals surface area (Å²) in [5.74, 6) is -1.10. The molecule has 3 aromatic rings. The lowest BCUT2D eigenvalue weighted by atomic mass is 10.1. The van der Waals surface area contributed by atoms with Crippen LogP contribution < -0.4 is 10.2 Å². The zero-order chi connectivity index (χ0) is 20.4. The van der Waals surface area contributed by atoms with E-state index in [2.05, 4.69) is 5.32 Å². The van der Waals surface area contributed by atoms with Crippen LogP contribution in [0.5, 0.6) is 0 Å². The predicted molar refractivity (Wildman–Crippen MR) is 109 cm³/mol. The maximum absolute atomic E-state index is 12.9. The Balaban J connectivity index is 1.60. The number of aryl methyl sites for hydroxylation is 1.